The molecule has 0 aliphatic heterocycles. The van der Waals surface area contributed by atoms with Crippen LogP contribution in [0.1, 0.15) is 12.8 Å². The highest BCUT2D eigenvalue weighted by atomic mass is 127. The molecule has 1 rings (SSSR count). The molecule has 0 heterocycles. The zero-order valence-corrected chi connectivity index (χ0v) is 8.22. The minimum absolute atomic E-state index is 0.731. The zero-order chi connectivity index (χ0) is 5.98. The number of hydrogen-bond donors (Lipinski definition) is 0. The lowest BCUT2D eigenvalue weighted by Gasteiger charge is -2.14. The lowest BCUT2D eigenvalue weighted by Crippen LogP contribution is -2.08. The van der Waals surface area contributed by atoms with Gasteiger partial charge < -0.3 is 0 Å². The number of alkyl halides is 2. The molecule has 46 valence electrons. The second kappa shape index (κ2) is 3.20. The van der Waals surface area contributed by atoms with Crippen molar-refractivity contribution in [1.82, 2.24) is 0 Å². The van der Waals surface area contributed by atoms with Gasteiger partial charge in [-0.15, -0.1) is 0 Å². The Bertz CT molecular complexity index is 101. The summed E-state index contributed by atoms with van der Waals surface area (Å²) >= 11 is 6.03. The summed E-state index contributed by atoms with van der Waals surface area (Å²) in [5, 5.41) is 0. The Hall–Kier alpha value is 0.950. The Morgan fingerprint density at radius 3 is 2.75 bits per heavy atom. The number of allylic oxidation sites excluding steroid dienone is 2. The van der Waals surface area contributed by atoms with Gasteiger partial charge in [0.15, 0.2) is 0 Å². The fourth-order valence-corrected chi connectivity index (χ4v) is 3.02. The van der Waals surface area contributed by atoms with Gasteiger partial charge in [-0.2, -0.15) is 0 Å². The standard InChI is InChI=1S/C6H8BrI/c7-5-2-1-3-6(8)4-5/h1,3,5-6H,2,4H2. The molecule has 2 atom stereocenters. The molecule has 0 fully saturated rings. The summed E-state index contributed by atoms with van der Waals surface area (Å²) in [5.74, 6) is 0. The molecular formula is C6H8BrI. The van der Waals surface area contributed by atoms with Crippen LogP contribution in [0, 0.1) is 0 Å². The smallest absolute Gasteiger partial charge is 0.0300 e. The summed E-state index contributed by atoms with van der Waals surface area (Å²) < 4.78 is 0.755. The molecule has 0 saturated heterocycles. The SMILES string of the molecule is BrC1CC=CC(I)C1. The second-order valence-corrected chi connectivity index (χ2v) is 4.91. The fourth-order valence-electron chi connectivity index (χ4n) is 0.793. The van der Waals surface area contributed by atoms with E-state index in [0.717, 1.165) is 8.75 Å². The highest BCUT2D eigenvalue weighted by Gasteiger charge is 2.11. The predicted molar refractivity (Wildman–Crippen MR) is 48.9 cm³/mol. The van der Waals surface area contributed by atoms with Crippen LogP contribution in [0.4, 0.5) is 0 Å². The van der Waals surface area contributed by atoms with Crippen LogP contribution in [0.15, 0.2) is 12.2 Å². The van der Waals surface area contributed by atoms with Crippen molar-refractivity contribution in [3.05, 3.63) is 12.2 Å². The monoisotopic (exact) mass is 286 g/mol. The van der Waals surface area contributed by atoms with E-state index in [1.807, 2.05) is 0 Å². The van der Waals surface area contributed by atoms with E-state index in [1.54, 1.807) is 0 Å². The van der Waals surface area contributed by atoms with Gasteiger partial charge in [0.1, 0.15) is 0 Å². The van der Waals surface area contributed by atoms with Crippen molar-refractivity contribution >= 4 is 38.5 Å². The fraction of sp³-hybridized carbons (Fsp3) is 0.667. The highest BCUT2D eigenvalue weighted by Crippen LogP contribution is 2.23. The Morgan fingerprint density at radius 2 is 2.38 bits per heavy atom. The lowest BCUT2D eigenvalue weighted by molar-refractivity contribution is 0.785. The first-order valence-corrected chi connectivity index (χ1v) is 4.90. The van der Waals surface area contributed by atoms with Crippen LogP contribution in [0.2, 0.25) is 0 Å². The normalized spacial score (nSPS) is 37.8. The van der Waals surface area contributed by atoms with Crippen LogP contribution in [-0.4, -0.2) is 8.75 Å². The maximum atomic E-state index is 3.57. The first-order chi connectivity index (χ1) is 3.79. The van der Waals surface area contributed by atoms with Gasteiger partial charge in [0.2, 0.25) is 0 Å². The molecule has 0 aromatic heterocycles. The Labute approximate surface area is 72.0 Å². The van der Waals surface area contributed by atoms with Crippen molar-refractivity contribution in [3.8, 4) is 0 Å². The van der Waals surface area contributed by atoms with Crippen LogP contribution >= 0.6 is 38.5 Å². The summed E-state index contributed by atoms with van der Waals surface area (Å²) in [5.41, 5.74) is 0. The van der Waals surface area contributed by atoms with Gasteiger partial charge in [-0.3, -0.25) is 0 Å². The summed E-state index contributed by atoms with van der Waals surface area (Å²) in [6.45, 7) is 0. The molecule has 0 aromatic rings. The van der Waals surface area contributed by atoms with Gasteiger partial charge in [-0.25, -0.2) is 0 Å². The molecule has 2 heteroatoms. The van der Waals surface area contributed by atoms with E-state index in [9.17, 15) is 0 Å². The number of hydrogen-bond acceptors (Lipinski definition) is 0. The molecule has 2 unspecified atom stereocenters. The van der Waals surface area contributed by atoms with Crippen LogP contribution < -0.4 is 0 Å². The molecule has 0 spiro atoms. The predicted octanol–water partition coefficient (Wildman–Crippen LogP) is 2.90. The molecule has 1 aliphatic carbocycles. The number of halogens is 2. The van der Waals surface area contributed by atoms with Crippen molar-refractivity contribution < 1.29 is 0 Å². The third-order valence-electron chi connectivity index (χ3n) is 1.22. The summed E-state index contributed by atoms with van der Waals surface area (Å²) in [6, 6.07) is 0. The van der Waals surface area contributed by atoms with Gasteiger partial charge in [0.25, 0.3) is 0 Å². The molecule has 0 N–H and O–H groups in total. The van der Waals surface area contributed by atoms with E-state index in [4.69, 9.17) is 0 Å². The van der Waals surface area contributed by atoms with E-state index < -0.39 is 0 Å². The van der Waals surface area contributed by atoms with Gasteiger partial charge in [-0.1, -0.05) is 50.7 Å². The van der Waals surface area contributed by atoms with Crippen molar-refractivity contribution in [3.63, 3.8) is 0 Å². The van der Waals surface area contributed by atoms with Crippen LogP contribution in [0.25, 0.3) is 0 Å². The molecule has 0 saturated carbocycles. The Balaban J connectivity index is 2.42. The van der Waals surface area contributed by atoms with E-state index in [-0.39, 0.29) is 0 Å². The quantitative estimate of drug-likeness (QED) is 0.365. The summed E-state index contributed by atoms with van der Waals surface area (Å²) in [6.07, 6.45) is 7.02. The second-order valence-electron chi connectivity index (χ2n) is 2.01. The van der Waals surface area contributed by atoms with Crippen molar-refractivity contribution in [2.24, 2.45) is 0 Å². The minimum atomic E-state index is 0.731. The van der Waals surface area contributed by atoms with Crippen molar-refractivity contribution in [1.29, 1.82) is 0 Å². The van der Waals surface area contributed by atoms with Crippen LogP contribution in [-0.2, 0) is 0 Å². The Morgan fingerprint density at radius 1 is 1.62 bits per heavy atom. The average molecular weight is 287 g/mol. The van der Waals surface area contributed by atoms with E-state index in [0.29, 0.717) is 0 Å². The van der Waals surface area contributed by atoms with Crippen molar-refractivity contribution in [2.45, 2.75) is 21.6 Å². The lowest BCUT2D eigenvalue weighted by atomic mass is 10.1. The van der Waals surface area contributed by atoms with E-state index >= 15 is 0 Å². The molecule has 0 radical (unpaired) electrons. The molecule has 0 amide bonds. The molecule has 0 nitrogen and oxygen atoms in total. The van der Waals surface area contributed by atoms with Crippen LogP contribution in [0.5, 0.6) is 0 Å². The molecular weight excluding hydrogens is 279 g/mol. The molecule has 8 heavy (non-hydrogen) atoms. The van der Waals surface area contributed by atoms with Gasteiger partial charge >= 0.3 is 0 Å². The van der Waals surface area contributed by atoms with Crippen molar-refractivity contribution in [2.75, 3.05) is 0 Å². The Kier molecular flexibility index (Phi) is 2.83. The van der Waals surface area contributed by atoms with Gasteiger partial charge in [-0.05, 0) is 12.8 Å². The first kappa shape index (κ1) is 7.06. The third-order valence-corrected chi connectivity index (χ3v) is 2.89. The summed E-state index contributed by atoms with van der Waals surface area (Å²) in [7, 11) is 0. The van der Waals surface area contributed by atoms with Gasteiger partial charge in [0.05, 0.1) is 0 Å². The van der Waals surface area contributed by atoms with Gasteiger partial charge in [0, 0.05) is 8.75 Å². The maximum Gasteiger partial charge on any atom is 0.0300 e. The average Bonchev–Trinajstić information content (AvgIpc) is 1.64. The largest absolute Gasteiger partial charge is 0.0887 e. The van der Waals surface area contributed by atoms with E-state index in [1.165, 1.54) is 12.8 Å². The highest BCUT2D eigenvalue weighted by molar-refractivity contribution is 14.1. The topological polar surface area (TPSA) is 0 Å². The maximum absolute atomic E-state index is 3.57. The number of rotatable bonds is 0. The minimum Gasteiger partial charge on any atom is -0.0887 e. The zero-order valence-electron chi connectivity index (χ0n) is 4.48. The molecule has 0 bridgehead atoms. The molecule has 0 aromatic carbocycles. The van der Waals surface area contributed by atoms with Crippen LogP contribution in [0.3, 0.4) is 0 Å². The third kappa shape index (κ3) is 2.05. The van der Waals surface area contributed by atoms with E-state index in [2.05, 4.69) is 50.7 Å². The molecule has 1 aliphatic rings. The first-order valence-electron chi connectivity index (χ1n) is 2.74. The summed E-state index contributed by atoms with van der Waals surface area (Å²) in [4.78, 5) is 0.731.